The Balaban J connectivity index is 1.78. The lowest BCUT2D eigenvalue weighted by atomic mass is 9.98. The Kier molecular flexibility index (Phi) is 7.31. The van der Waals surface area contributed by atoms with Crippen molar-refractivity contribution in [1.82, 2.24) is 19.4 Å². The molecule has 5 heterocycles. The molecule has 6 rings (SSSR count). The van der Waals surface area contributed by atoms with Crippen LogP contribution in [0.2, 0.25) is 0 Å². The third-order valence-electron chi connectivity index (χ3n) is 8.56. The minimum atomic E-state index is -0.999. The summed E-state index contributed by atoms with van der Waals surface area (Å²) in [5, 5.41) is 20.8. The molecule has 1 saturated heterocycles. The molecular formula is C33H29F2N7O4. The number of rotatable bonds is 4. The second-order valence-electron chi connectivity index (χ2n) is 11.6. The van der Waals surface area contributed by atoms with E-state index in [0.717, 1.165) is 22.8 Å². The van der Waals surface area contributed by atoms with Gasteiger partial charge in [-0.1, -0.05) is 26.5 Å². The quantitative estimate of drug-likeness (QED) is 0.337. The molecule has 1 aromatic carbocycles. The molecule has 0 radical (unpaired) electrons. The van der Waals surface area contributed by atoms with Crippen molar-refractivity contribution in [2.24, 2.45) is 0 Å². The molecule has 2 amide bonds. The molecular weight excluding hydrogens is 596 g/mol. The molecule has 46 heavy (non-hydrogen) atoms. The standard InChI is InChI=1S/C33H29F2N7O4/c1-6-24(44)40-15-22-32(45)39(5)30-29(41(22)14-17(40)4)19-12-21(35)27(25-20(34)8-7-9-23(25)43)38-31(19)42(33(30)46)28-18(13-36)10-11-37-26(28)16(2)3/h6-12,16-17,22,43H,1,14-15H2,2-5H3/t17-,22?/m1/s1. The first kappa shape index (κ1) is 30.4. The van der Waals surface area contributed by atoms with E-state index in [9.17, 15) is 24.8 Å². The van der Waals surface area contributed by atoms with Crippen LogP contribution in [0.3, 0.4) is 0 Å². The van der Waals surface area contributed by atoms with Gasteiger partial charge < -0.3 is 19.8 Å². The van der Waals surface area contributed by atoms with E-state index in [0.29, 0.717) is 5.69 Å². The predicted molar refractivity (Wildman–Crippen MR) is 167 cm³/mol. The number of piperazine rings is 1. The number of hydrogen-bond donors (Lipinski definition) is 1. The third-order valence-corrected chi connectivity index (χ3v) is 8.56. The number of pyridine rings is 3. The Bertz CT molecular complexity index is 2070. The van der Waals surface area contributed by atoms with Crippen molar-refractivity contribution in [1.29, 1.82) is 5.26 Å². The topological polar surface area (TPSA) is 136 Å². The lowest BCUT2D eigenvalue weighted by Crippen LogP contribution is -2.66. The second-order valence-corrected chi connectivity index (χ2v) is 11.6. The van der Waals surface area contributed by atoms with E-state index in [1.165, 1.54) is 41.2 Å². The summed E-state index contributed by atoms with van der Waals surface area (Å²) in [4.78, 5) is 54.5. The zero-order valence-corrected chi connectivity index (χ0v) is 25.5. The highest BCUT2D eigenvalue weighted by Crippen LogP contribution is 2.43. The molecule has 1 unspecified atom stereocenters. The van der Waals surface area contributed by atoms with Crippen LogP contribution in [0, 0.1) is 23.0 Å². The summed E-state index contributed by atoms with van der Waals surface area (Å²) in [6.07, 6.45) is 2.60. The molecule has 2 aliphatic heterocycles. The molecule has 234 valence electrons. The Morgan fingerprint density at radius 3 is 2.54 bits per heavy atom. The molecule has 13 heteroatoms. The van der Waals surface area contributed by atoms with Gasteiger partial charge in [0.1, 0.15) is 35.1 Å². The number of aromatic hydroxyl groups is 1. The van der Waals surface area contributed by atoms with E-state index in [1.807, 2.05) is 13.8 Å². The van der Waals surface area contributed by atoms with E-state index >= 15 is 8.78 Å². The Morgan fingerprint density at radius 2 is 1.89 bits per heavy atom. The first-order chi connectivity index (χ1) is 21.9. The first-order valence-corrected chi connectivity index (χ1v) is 14.5. The van der Waals surface area contributed by atoms with Crippen molar-refractivity contribution >= 4 is 34.2 Å². The van der Waals surface area contributed by atoms with Gasteiger partial charge in [0.25, 0.3) is 11.5 Å². The summed E-state index contributed by atoms with van der Waals surface area (Å²) in [5.74, 6) is -3.64. The highest BCUT2D eigenvalue weighted by atomic mass is 19.1. The maximum absolute atomic E-state index is 16.2. The van der Waals surface area contributed by atoms with Gasteiger partial charge in [-0.15, -0.1) is 0 Å². The lowest BCUT2D eigenvalue weighted by Gasteiger charge is -2.49. The summed E-state index contributed by atoms with van der Waals surface area (Å²) in [5.41, 5.74) is -1.34. The molecule has 0 aliphatic carbocycles. The van der Waals surface area contributed by atoms with Crippen LogP contribution in [-0.2, 0) is 9.59 Å². The van der Waals surface area contributed by atoms with Gasteiger partial charge in [0, 0.05) is 31.2 Å². The molecule has 1 N–H and O–H groups in total. The number of benzene rings is 1. The number of aromatic nitrogens is 3. The maximum Gasteiger partial charge on any atom is 0.283 e. The summed E-state index contributed by atoms with van der Waals surface area (Å²) in [6.45, 7) is 9.07. The number of nitrogens with zero attached hydrogens (tertiary/aromatic N) is 7. The van der Waals surface area contributed by atoms with E-state index in [1.54, 1.807) is 11.8 Å². The number of carbonyl (C=O) groups excluding carboxylic acids is 2. The smallest absolute Gasteiger partial charge is 0.283 e. The average molecular weight is 626 g/mol. The van der Waals surface area contributed by atoms with Gasteiger partial charge in [-0.05, 0) is 43.2 Å². The molecule has 0 bridgehead atoms. The Morgan fingerprint density at radius 1 is 1.15 bits per heavy atom. The summed E-state index contributed by atoms with van der Waals surface area (Å²) < 4.78 is 32.4. The fraction of sp³-hybridized carbons (Fsp3) is 0.273. The van der Waals surface area contributed by atoms with Crippen LogP contribution in [0.5, 0.6) is 5.75 Å². The van der Waals surface area contributed by atoms with Crippen LogP contribution in [0.4, 0.5) is 20.2 Å². The molecule has 0 spiro atoms. The predicted octanol–water partition coefficient (Wildman–Crippen LogP) is 3.99. The number of halogens is 2. The fourth-order valence-corrected chi connectivity index (χ4v) is 6.39. The molecule has 1 fully saturated rings. The number of fused-ring (bicyclic) bond motifs is 5. The van der Waals surface area contributed by atoms with E-state index in [-0.39, 0.29) is 58.6 Å². The monoisotopic (exact) mass is 625 g/mol. The van der Waals surface area contributed by atoms with Crippen LogP contribution in [0.15, 0.2) is 54.0 Å². The van der Waals surface area contributed by atoms with Gasteiger partial charge in [-0.3, -0.25) is 23.9 Å². The van der Waals surface area contributed by atoms with Gasteiger partial charge in [0.15, 0.2) is 11.5 Å². The number of phenols is 1. The first-order valence-electron chi connectivity index (χ1n) is 14.5. The molecule has 2 atom stereocenters. The average Bonchev–Trinajstić information content (AvgIpc) is 3.02. The van der Waals surface area contributed by atoms with Crippen molar-refractivity contribution in [3.63, 3.8) is 0 Å². The zero-order valence-electron chi connectivity index (χ0n) is 25.5. The van der Waals surface area contributed by atoms with Gasteiger partial charge in [0.2, 0.25) is 5.91 Å². The van der Waals surface area contributed by atoms with E-state index < -0.39 is 52.2 Å². The van der Waals surface area contributed by atoms with Crippen LogP contribution >= 0.6 is 0 Å². The highest BCUT2D eigenvalue weighted by Gasteiger charge is 2.46. The highest BCUT2D eigenvalue weighted by molar-refractivity contribution is 6.12. The number of carbonyl (C=O) groups is 2. The van der Waals surface area contributed by atoms with E-state index in [2.05, 4.69) is 22.6 Å². The molecule has 0 saturated carbocycles. The number of hydrogen-bond acceptors (Lipinski definition) is 8. The van der Waals surface area contributed by atoms with Crippen LogP contribution < -0.4 is 15.4 Å². The molecule has 2 aliphatic rings. The Labute approximate surface area is 262 Å². The normalized spacial score (nSPS) is 17.6. The Hall–Kier alpha value is -5.64. The number of anilines is 2. The number of phenolic OH excluding ortho intramolecular Hbond substituents is 1. The lowest BCUT2D eigenvalue weighted by molar-refractivity contribution is -0.130. The number of amides is 2. The van der Waals surface area contributed by atoms with Crippen LogP contribution in [0.25, 0.3) is 28.0 Å². The maximum atomic E-state index is 16.2. The second kappa shape index (κ2) is 11.1. The summed E-state index contributed by atoms with van der Waals surface area (Å²) >= 11 is 0. The van der Waals surface area contributed by atoms with Crippen molar-refractivity contribution in [2.75, 3.05) is 29.9 Å². The number of likely N-dealkylation sites (N-methyl/N-ethyl adjacent to an activating group) is 1. The summed E-state index contributed by atoms with van der Waals surface area (Å²) in [7, 11) is 1.42. The minimum absolute atomic E-state index is 0.0189. The van der Waals surface area contributed by atoms with Gasteiger partial charge in [-0.25, -0.2) is 13.8 Å². The van der Waals surface area contributed by atoms with E-state index in [4.69, 9.17) is 0 Å². The molecule has 3 aromatic heterocycles. The fourth-order valence-electron chi connectivity index (χ4n) is 6.39. The summed E-state index contributed by atoms with van der Waals surface area (Å²) in [6, 6.07) is 6.74. The third kappa shape index (κ3) is 4.40. The van der Waals surface area contributed by atoms with Crippen molar-refractivity contribution in [3.05, 3.63) is 82.4 Å². The molecule has 4 aromatic rings. The zero-order chi connectivity index (χ0) is 33.2. The minimum Gasteiger partial charge on any atom is -0.507 e. The number of nitriles is 1. The SMILES string of the molecule is C=CC(=O)N1CC2C(=O)N(C)c3c(c4cc(F)c(-c5c(O)cccc5F)nc4n(-c4c(C#N)ccnc4C(C)C)c3=O)N2C[C@H]1C. The van der Waals surface area contributed by atoms with Crippen molar-refractivity contribution < 1.29 is 23.5 Å². The van der Waals surface area contributed by atoms with Gasteiger partial charge in [-0.2, -0.15) is 5.26 Å². The largest absolute Gasteiger partial charge is 0.507 e. The van der Waals surface area contributed by atoms with Gasteiger partial charge in [0.05, 0.1) is 34.7 Å². The molecule has 11 nitrogen and oxygen atoms in total. The van der Waals surface area contributed by atoms with Crippen molar-refractivity contribution in [3.8, 4) is 28.8 Å². The van der Waals surface area contributed by atoms with Crippen molar-refractivity contribution in [2.45, 2.75) is 38.8 Å². The van der Waals surface area contributed by atoms with Crippen LogP contribution in [-0.4, -0.2) is 68.6 Å². The van der Waals surface area contributed by atoms with Gasteiger partial charge >= 0.3 is 0 Å². The van der Waals surface area contributed by atoms with Crippen LogP contribution in [0.1, 0.15) is 37.9 Å².